The minimum Gasteiger partial charge on any atom is -1.00 e. The number of aromatic nitrogens is 2. The number of aliphatic hydroxyl groups is 1. The monoisotopic (exact) mass is 562 g/mol. The first-order valence-electron chi connectivity index (χ1n) is 12.2. The van der Waals surface area contributed by atoms with E-state index >= 15 is 0 Å². The molecule has 8 heteroatoms. The van der Waals surface area contributed by atoms with Crippen molar-refractivity contribution >= 4 is 5.97 Å². The Kier molecular flexibility index (Phi) is 9.41. The number of rotatable bonds is 10. The molecule has 1 saturated carbocycles. The Balaban J connectivity index is 0.00000361. The molecular weight excluding hydrogens is 530 g/mol. The minimum absolute atomic E-state index is 0. The van der Waals surface area contributed by atoms with Gasteiger partial charge in [0.05, 0.1) is 13.2 Å². The lowest BCUT2D eigenvalue weighted by Gasteiger charge is -2.32. The molecule has 0 amide bonds. The fourth-order valence-corrected chi connectivity index (χ4v) is 4.90. The Bertz CT molecular complexity index is 1120. The first-order valence-corrected chi connectivity index (χ1v) is 12.2. The van der Waals surface area contributed by atoms with Crippen molar-refractivity contribution in [2.24, 2.45) is 5.92 Å². The van der Waals surface area contributed by atoms with Crippen LogP contribution in [0.1, 0.15) is 49.1 Å². The van der Waals surface area contributed by atoms with Gasteiger partial charge in [-0.15, -0.1) is 0 Å². The maximum absolute atomic E-state index is 13.9. The van der Waals surface area contributed by atoms with Gasteiger partial charge in [-0.25, -0.2) is 22.7 Å². The van der Waals surface area contributed by atoms with Crippen LogP contribution in [0.25, 0.3) is 0 Å². The zero-order valence-corrected chi connectivity index (χ0v) is 22.0. The van der Waals surface area contributed by atoms with E-state index in [4.69, 9.17) is 4.74 Å². The second-order valence-corrected chi connectivity index (χ2v) is 9.42. The molecule has 36 heavy (non-hydrogen) atoms. The van der Waals surface area contributed by atoms with Crippen LogP contribution in [0.5, 0.6) is 0 Å². The summed E-state index contributed by atoms with van der Waals surface area (Å²) < 4.78 is 37.6. The Morgan fingerprint density at radius 3 is 2.44 bits per heavy atom. The molecule has 194 valence electrons. The van der Waals surface area contributed by atoms with Crippen molar-refractivity contribution in [2.45, 2.75) is 63.6 Å². The van der Waals surface area contributed by atoms with Crippen molar-refractivity contribution in [3.8, 4) is 0 Å². The number of unbranched alkanes of at least 4 members (excludes halogenated alkanes) is 1. The number of alkyl halides is 2. The predicted molar refractivity (Wildman–Crippen MR) is 128 cm³/mol. The summed E-state index contributed by atoms with van der Waals surface area (Å²) in [7, 11) is 0. The number of carbonyl (C=O) groups is 1. The van der Waals surface area contributed by atoms with Gasteiger partial charge in [0.2, 0.25) is 5.92 Å². The van der Waals surface area contributed by atoms with Crippen LogP contribution in [0.15, 0.2) is 73.1 Å². The first-order chi connectivity index (χ1) is 16.8. The molecule has 2 aromatic carbocycles. The normalized spacial score (nSPS) is 18.3. The average molecular weight is 563 g/mol. The van der Waals surface area contributed by atoms with Crippen molar-refractivity contribution < 1.29 is 45.0 Å². The highest BCUT2D eigenvalue weighted by molar-refractivity contribution is 5.81. The number of benzene rings is 2. The summed E-state index contributed by atoms with van der Waals surface area (Å²) in [6, 6.07) is 18.6. The molecule has 0 unspecified atom stereocenters. The summed E-state index contributed by atoms with van der Waals surface area (Å²) in [4.78, 5) is 13.0. The van der Waals surface area contributed by atoms with Crippen LogP contribution in [-0.2, 0) is 28.2 Å². The van der Waals surface area contributed by atoms with Gasteiger partial charge in [0, 0.05) is 25.7 Å². The molecule has 5 nitrogen and oxygen atoms in total. The van der Waals surface area contributed by atoms with E-state index in [-0.39, 0.29) is 36.4 Å². The van der Waals surface area contributed by atoms with Crippen LogP contribution in [0.2, 0.25) is 0 Å². The number of esters is 1. The van der Waals surface area contributed by atoms with Crippen LogP contribution in [0, 0.1) is 12.8 Å². The van der Waals surface area contributed by atoms with Gasteiger partial charge in [0.1, 0.15) is 18.9 Å². The molecule has 0 bridgehead atoms. The lowest BCUT2D eigenvalue weighted by Crippen LogP contribution is -3.00. The second-order valence-electron chi connectivity index (χ2n) is 9.42. The summed E-state index contributed by atoms with van der Waals surface area (Å²) in [5.41, 5.74) is -0.531. The van der Waals surface area contributed by atoms with E-state index < -0.39 is 29.8 Å². The summed E-state index contributed by atoms with van der Waals surface area (Å²) in [6.45, 7) is 3.76. The largest absolute Gasteiger partial charge is 1.00 e. The first kappa shape index (κ1) is 28.0. The van der Waals surface area contributed by atoms with E-state index in [1.54, 1.807) is 30.3 Å². The number of hydrogen-bond acceptors (Lipinski definition) is 3. The molecule has 0 aliphatic heterocycles. The van der Waals surface area contributed by atoms with Crippen molar-refractivity contribution in [1.82, 2.24) is 4.57 Å². The molecule has 3 aromatic rings. The minimum atomic E-state index is -2.88. The van der Waals surface area contributed by atoms with Gasteiger partial charge in [-0.1, -0.05) is 60.7 Å². The smallest absolute Gasteiger partial charge is 0.343 e. The third kappa shape index (κ3) is 6.40. The van der Waals surface area contributed by atoms with E-state index in [0.29, 0.717) is 12.0 Å². The topological polar surface area (TPSA) is 55.3 Å². The van der Waals surface area contributed by atoms with Gasteiger partial charge in [0.15, 0.2) is 5.60 Å². The number of nitrogens with zero attached hydrogens (tertiary/aromatic N) is 2. The maximum Gasteiger partial charge on any atom is 0.343 e. The van der Waals surface area contributed by atoms with E-state index in [0.717, 1.165) is 25.3 Å². The number of aryl methyl sites for hydroxylation is 1. The number of halogens is 3. The van der Waals surface area contributed by atoms with Crippen LogP contribution in [-0.4, -0.2) is 28.2 Å². The van der Waals surface area contributed by atoms with E-state index in [1.807, 2.05) is 24.4 Å². The zero-order valence-electron chi connectivity index (χ0n) is 20.5. The molecule has 2 atom stereocenters. The molecule has 0 spiro atoms. The third-order valence-corrected chi connectivity index (χ3v) is 7.00. The number of imidazole rings is 1. The van der Waals surface area contributed by atoms with Crippen molar-refractivity contribution in [3.63, 3.8) is 0 Å². The summed E-state index contributed by atoms with van der Waals surface area (Å²) in [5, 5.41) is 11.4. The van der Waals surface area contributed by atoms with Gasteiger partial charge < -0.3 is 26.8 Å². The molecule has 1 aromatic heterocycles. The van der Waals surface area contributed by atoms with Gasteiger partial charge in [0.25, 0.3) is 5.82 Å². The molecule has 1 aliphatic rings. The number of ether oxygens (including phenoxy) is 1. The Morgan fingerprint density at radius 1 is 1.14 bits per heavy atom. The van der Waals surface area contributed by atoms with E-state index in [9.17, 15) is 18.7 Å². The Morgan fingerprint density at radius 2 is 1.81 bits per heavy atom. The number of carbonyl (C=O) groups excluding carboxylic acids is 1. The summed E-state index contributed by atoms with van der Waals surface area (Å²) >= 11 is 0. The van der Waals surface area contributed by atoms with E-state index in [2.05, 4.69) is 34.4 Å². The molecule has 1 N–H and O–H groups in total. The molecule has 0 radical (unpaired) electrons. The molecule has 4 rings (SSSR count). The number of hydrogen-bond donors (Lipinski definition) is 1. The fourth-order valence-electron chi connectivity index (χ4n) is 4.90. The summed E-state index contributed by atoms with van der Waals surface area (Å²) in [6.07, 6.45) is 4.69. The van der Waals surface area contributed by atoms with Gasteiger partial charge in [-0.2, -0.15) is 0 Å². The van der Waals surface area contributed by atoms with Gasteiger partial charge in [-0.3, -0.25) is 0 Å². The maximum atomic E-state index is 13.9. The lowest BCUT2D eigenvalue weighted by molar-refractivity contribution is -0.694. The predicted octanol–water partition coefficient (Wildman–Crippen LogP) is 1.78. The van der Waals surface area contributed by atoms with Gasteiger partial charge in [-0.05, 0) is 30.4 Å². The SMILES string of the molecule is Cc1n(CCCCOC(=O)[C@](O)(c2ccccc2)[C@@H]2CCC(F)(F)C2)cc[n+]1Cc1ccccc1.[Br-]. The highest BCUT2D eigenvalue weighted by atomic mass is 79.9. The molecular formula is C28H33BrF2N2O3. The van der Waals surface area contributed by atoms with Crippen LogP contribution >= 0.6 is 0 Å². The highest BCUT2D eigenvalue weighted by Gasteiger charge is 2.54. The Hall–Kier alpha value is -2.58. The molecule has 1 aliphatic carbocycles. The molecule has 1 heterocycles. The average Bonchev–Trinajstić information content (AvgIpc) is 3.41. The van der Waals surface area contributed by atoms with Crippen LogP contribution in [0.4, 0.5) is 8.78 Å². The van der Waals surface area contributed by atoms with Crippen molar-refractivity contribution in [1.29, 1.82) is 0 Å². The second kappa shape index (κ2) is 12.1. The Labute approximate surface area is 221 Å². The van der Waals surface area contributed by atoms with Crippen molar-refractivity contribution in [2.75, 3.05) is 6.61 Å². The zero-order chi connectivity index (χ0) is 24.9. The van der Waals surface area contributed by atoms with Crippen LogP contribution in [0.3, 0.4) is 0 Å². The lowest BCUT2D eigenvalue weighted by atomic mass is 9.80. The van der Waals surface area contributed by atoms with E-state index in [1.165, 1.54) is 5.56 Å². The van der Waals surface area contributed by atoms with Crippen molar-refractivity contribution in [3.05, 3.63) is 90.0 Å². The third-order valence-electron chi connectivity index (χ3n) is 7.00. The molecule has 0 saturated heterocycles. The fraction of sp³-hybridized carbons (Fsp3) is 0.429. The summed E-state index contributed by atoms with van der Waals surface area (Å²) in [5.74, 6) is -3.47. The standard InChI is InChI=1S/C28H33F2N2O3.BrH/c1-22-31(17-18-32(22)21-23-10-4-2-5-11-23)16-8-9-19-35-26(33)28(34,24-12-6-3-7-13-24)25-14-15-27(29,30)20-25;/h2-7,10-13,17-18,25,34H,8-9,14-16,19-21H2,1H3;1H/q+1;/p-1/t25-,28+;/m1./s1. The molecule has 1 fully saturated rings. The quantitative estimate of drug-likeness (QED) is 0.233. The van der Waals surface area contributed by atoms with Crippen LogP contribution < -0.4 is 21.5 Å². The highest BCUT2D eigenvalue weighted by Crippen LogP contribution is 2.47. The van der Waals surface area contributed by atoms with Gasteiger partial charge >= 0.3 is 5.97 Å².